The highest BCUT2D eigenvalue weighted by molar-refractivity contribution is 7.90. The molecule has 0 aromatic heterocycles. The molecule has 0 bridgehead atoms. The van der Waals surface area contributed by atoms with Crippen molar-refractivity contribution < 1.29 is 32.3 Å². The van der Waals surface area contributed by atoms with Gasteiger partial charge in [-0.15, -0.1) is 0 Å². The Morgan fingerprint density at radius 1 is 0.968 bits per heavy atom. The van der Waals surface area contributed by atoms with Crippen LogP contribution in [0.25, 0.3) is 10.8 Å². The van der Waals surface area contributed by atoms with Crippen LogP contribution in [-0.2, 0) is 14.8 Å². The second kappa shape index (κ2) is 8.88. The summed E-state index contributed by atoms with van der Waals surface area (Å²) in [4.78, 5) is 21.9. The summed E-state index contributed by atoms with van der Waals surface area (Å²) in [7, 11) is -1.62. The molecule has 3 aromatic rings. The molecule has 3 rings (SSSR count). The Bertz CT molecular complexity index is 1260. The minimum atomic E-state index is -4.34. The summed E-state index contributed by atoms with van der Waals surface area (Å²) in [6.07, 6.45) is 0. The number of rotatable bonds is 8. The lowest BCUT2D eigenvalue weighted by atomic mass is 10.1. The van der Waals surface area contributed by atoms with Gasteiger partial charge in [0.2, 0.25) is 0 Å². The number of nitro benzene ring substituents is 1. The predicted molar refractivity (Wildman–Crippen MR) is 111 cm³/mol. The minimum absolute atomic E-state index is 0.265. The van der Waals surface area contributed by atoms with E-state index in [2.05, 4.69) is 0 Å². The number of non-ortho nitro benzene ring substituents is 1. The molecule has 0 heterocycles. The number of methoxy groups -OCH3 is 2. The molecule has 0 spiro atoms. The summed E-state index contributed by atoms with van der Waals surface area (Å²) in [6.45, 7) is -0.565. The van der Waals surface area contributed by atoms with Crippen molar-refractivity contribution in [3.63, 3.8) is 0 Å². The number of amides is 1. The zero-order valence-corrected chi connectivity index (χ0v) is 17.3. The quantitative estimate of drug-likeness (QED) is 0.412. The van der Waals surface area contributed by atoms with Crippen LogP contribution < -0.4 is 18.9 Å². The molecule has 10 nitrogen and oxygen atoms in total. The Labute approximate surface area is 177 Å². The average molecular weight is 446 g/mol. The second-order valence-corrected chi connectivity index (χ2v) is 7.94. The summed E-state index contributed by atoms with van der Waals surface area (Å²) in [5, 5.41) is 12.6. The summed E-state index contributed by atoms with van der Waals surface area (Å²) in [5.74, 6) is -0.170. The number of carbonyl (C=O) groups excluding carboxylic acids is 1. The maximum atomic E-state index is 12.5. The standard InChI is InChI=1S/C20H18N2O8S/c1-28-16-6-3-13-4-7-17(10-14(13)9-16)30-12-20(23)21-31(26,27)19-8-5-15(22(24)25)11-18(19)29-2/h3-11H,12H2,1-2H3,(H,21,23). The lowest BCUT2D eigenvalue weighted by Crippen LogP contribution is -2.34. The Morgan fingerprint density at radius 3 is 2.29 bits per heavy atom. The highest BCUT2D eigenvalue weighted by atomic mass is 32.2. The van der Waals surface area contributed by atoms with Gasteiger partial charge < -0.3 is 14.2 Å². The first-order valence-corrected chi connectivity index (χ1v) is 10.3. The molecule has 0 unspecified atom stereocenters. The highest BCUT2D eigenvalue weighted by Gasteiger charge is 2.24. The van der Waals surface area contributed by atoms with Crippen molar-refractivity contribution in [1.82, 2.24) is 4.72 Å². The number of nitrogens with one attached hydrogen (secondary N) is 1. The van der Waals surface area contributed by atoms with E-state index in [4.69, 9.17) is 14.2 Å². The van der Waals surface area contributed by atoms with E-state index in [0.717, 1.165) is 36.1 Å². The van der Waals surface area contributed by atoms with Gasteiger partial charge in [0, 0.05) is 6.07 Å². The number of fused-ring (bicyclic) bond motifs is 1. The fourth-order valence-corrected chi connectivity index (χ4v) is 3.92. The molecule has 0 aliphatic rings. The third-order valence-electron chi connectivity index (χ3n) is 4.28. The average Bonchev–Trinajstić information content (AvgIpc) is 2.76. The van der Waals surface area contributed by atoms with E-state index in [1.165, 1.54) is 0 Å². The number of carbonyl (C=O) groups is 1. The van der Waals surface area contributed by atoms with E-state index < -0.39 is 32.4 Å². The van der Waals surface area contributed by atoms with Gasteiger partial charge in [-0.25, -0.2) is 13.1 Å². The van der Waals surface area contributed by atoms with Crippen molar-refractivity contribution in [3.8, 4) is 17.2 Å². The molecular weight excluding hydrogens is 428 g/mol. The molecule has 0 atom stereocenters. The van der Waals surface area contributed by atoms with Crippen LogP contribution in [0.5, 0.6) is 17.2 Å². The SMILES string of the molecule is COc1ccc2ccc(OCC(=O)NS(=O)(=O)c3ccc([N+](=O)[O-])cc3OC)cc2c1. The first-order valence-electron chi connectivity index (χ1n) is 8.82. The molecule has 1 amide bonds. The van der Waals surface area contributed by atoms with Crippen molar-refractivity contribution in [3.05, 3.63) is 64.7 Å². The molecule has 0 saturated heterocycles. The van der Waals surface area contributed by atoms with E-state index in [1.54, 1.807) is 31.4 Å². The molecule has 0 saturated carbocycles. The van der Waals surface area contributed by atoms with Crippen molar-refractivity contribution >= 4 is 32.4 Å². The van der Waals surface area contributed by atoms with Gasteiger partial charge in [0.25, 0.3) is 21.6 Å². The maximum absolute atomic E-state index is 12.5. The van der Waals surface area contributed by atoms with Crippen LogP contribution in [0.1, 0.15) is 0 Å². The normalized spacial score (nSPS) is 11.0. The fraction of sp³-hybridized carbons (Fsp3) is 0.150. The van der Waals surface area contributed by atoms with Crippen LogP contribution in [-0.4, -0.2) is 40.1 Å². The van der Waals surface area contributed by atoms with Gasteiger partial charge in [0.05, 0.1) is 25.2 Å². The third-order valence-corrected chi connectivity index (χ3v) is 5.70. The van der Waals surface area contributed by atoms with Gasteiger partial charge in [0.15, 0.2) is 6.61 Å². The van der Waals surface area contributed by atoms with Crippen LogP contribution in [0.2, 0.25) is 0 Å². The van der Waals surface area contributed by atoms with E-state index in [1.807, 2.05) is 16.9 Å². The van der Waals surface area contributed by atoms with Crippen molar-refractivity contribution in [2.45, 2.75) is 4.90 Å². The van der Waals surface area contributed by atoms with Crippen LogP contribution in [0.3, 0.4) is 0 Å². The van der Waals surface area contributed by atoms with Crippen molar-refractivity contribution in [1.29, 1.82) is 0 Å². The molecule has 0 aliphatic heterocycles. The lowest BCUT2D eigenvalue weighted by molar-refractivity contribution is -0.385. The zero-order chi connectivity index (χ0) is 22.6. The zero-order valence-electron chi connectivity index (χ0n) is 16.5. The van der Waals surface area contributed by atoms with E-state index in [-0.39, 0.29) is 11.4 Å². The van der Waals surface area contributed by atoms with E-state index in [9.17, 15) is 23.3 Å². The number of nitrogens with zero attached hydrogens (tertiary/aromatic N) is 1. The molecule has 0 fully saturated rings. The molecule has 1 N–H and O–H groups in total. The van der Waals surface area contributed by atoms with Crippen LogP contribution >= 0.6 is 0 Å². The molecule has 0 radical (unpaired) electrons. The molecular formula is C20H18N2O8S. The molecule has 31 heavy (non-hydrogen) atoms. The van der Waals surface area contributed by atoms with Gasteiger partial charge in [-0.2, -0.15) is 0 Å². The number of ether oxygens (including phenoxy) is 3. The Hall–Kier alpha value is -3.86. The van der Waals surface area contributed by atoms with Crippen molar-refractivity contribution in [2.75, 3.05) is 20.8 Å². The van der Waals surface area contributed by atoms with Gasteiger partial charge in [-0.05, 0) is 41.1 Å². The third kappa shape index (κ3) is 5.01. The fourth-order valence-electron chi connectivity index (χ4n) is 2.79. The highest BCUT2D eigenvalue weighted by Crippen LogP contribution is 2.28. The van der Waals surface area contributed by atoms with Crippen LogP contribution in [0, 0.1) is 10.1 Å². The Kier molecular flexibility index (Phi) is 6.25. The summed E-state index contributed by atoms with van der Waals surface area (Å²) >= 11 is 0. The smallest absolute Gasteiger partial charge is 0.273 e. The van der Waals surface area contributed by atoms with Crippen LogP contribution in [0.15, 0.2) is 59.5 Å². The van der Waals surface area contributed by atoms with E-state index >= 15 is 0 Å². The summed E-state index contributed by atoms with van der Waals surface area (Å²) in [6, 6.07) is 13.6. The van der Waals surface area contributed by atoms with Crippen LogP contribution in [0.4, 0.5) is 5.69 Å². The largest absolute Gasteiger partial charge is 0.497 e. The summed E-state index contributed by atoms with van der Waals surface area (Å²) < 4.78 is 42.4. The molecule has 162 valence electrons. The van der Waals surface area contributed by atoms with Crippen molar-refractivity contribution in [2.24, 2.45) is 0 Å². The second-order valence-electron chi connectivity index (χ2n) is 6.28. The molecule has 11 heteroatoms. The molecule has 3 aromatic carbocycles. The van der Waals surface area contributed by atoms with Gasteiger partial charge >= 0.3 is 0 Å². The number of nitro groups is 1. The summed E-state index contributed by atoms with van der Waals surface area (Å²) in [5.41, 5.74) is -0.349. The number of benzene rings is 3. The molecule has 0 aliphatic carbocycles. The lowest BCUT2D eigenvalue weighted by Gasteiger charge is -2.11. The number of hydrogen-bond donors (Lipinski definition) is 1. The first-order chi connectivity index (χ1) is 14.7. The van der Waals surface area contributed by atoms with Gasteiger partial charge in [0.1, 0.15) is 22.1 Å². The Balaban J connectivity index is 1.71. The maximum Gasteiger partial charge on any atom is 0.273 e. The van der Waals surface area contributed by atoms with Gasteiger partial charge in [-0.1, -0.05) is 12.1 Å². The predicted octanol–water partition coefficient (Wildman–Crippen LogP) is 2.65. The van der Waals surface area contributed by atoms with E-state index in [0.29, 0.717) is 11.5 Å². The monoisotopic (exact) mass is 446 g/mol. The number of hydrogen-bond acceptors (Lipinski definition) is 8. The minimum Gasteiger partial charge on any atom is -0.497 e. The Morgan fingerprint density at radius 2 is 1.65 bits per heavy atom. The van der Waals surface area contributed by atoms with Gasteiger partial charge in [-0.3, -0.25) is 14.9 Å². The topological polar surface area (TPSA) is 134 Å². The first kappa shape index (κ1) is 21.8. The number of sulfonamides is 1.